The van der Waals surface area contributed by atoms with Crippen LogP contribution in [0.5, 0.6) is 0 Å². The van der Waals surface area contributed by atoms with Gasteiger partial charge in [-0.3, -0.25) is 10.1 Å². The number of nitrogens with two attached hydrogens (primary N) is 1. The summed E-state index contributed by atoms with van der Waals surface area (Å²) in [6, 6.07) is 6.23. The average molecular weight is 261 g/mol. The van der Waals surface area contributed by atoms with Gasteiger partial charge in [0, 0.05) is 19.8 Å². The van der Waals surface area contributed by atoms with Crippen molar-refractivity contribution in [2.75, 3.05) is 11.9 Å². The summed E-state index contributed by atoms with van der Waals surface area (Å²) < 4.78 is 14.9. The summed E-state index contributed by atoms with van der Waals surface area (Å²) >= 11 is 0. The van der Waals surface area contributed by atoms with Crippen LogP contribution in [-0.4, -0.2) is 22.7 Å². The van der Waals surface area contributed by atoms with Crippen LogP contribution in [0, 0.1) is 18.2 Å². The normalized spacial score (nSPS) is 10.5. The van der Waals surface area contributed by atoms with Gasteiger partial charge in [-0.1, -0.05) is 6.07 Å². The molecule has 0 aliphatic heterocycles. The summed E-state index contributed by atoms with van der Waals surface area (Å²) in [5.41, 5.74) is 7.51. The number of benzene rings is 1. The Bertz CT molecular complexity index is 632. The fourth-order valence-electron chi connectivity index (χ4n) is 2.15. The molecular formula is C13H16FN5. The first-order chi connectivity index (χ1) is 8.91. The van der Waals surface area contributed by atoms with Gasteiger partial charge in [-0.15, -0.1) is 0 Å². The molecule has 1 aromatic carbocycles. The van der Waals surface area contributed by atoms with E-state index in [1.807, 2.05) is 0 Å². The van der Waals surface area contributed by atoms with Crippen molar-refractivity contribution in [3.63, 3.8) is 0 Å². The first-order valence-electron chi connectivity index (χ1n) is 5.79. The van der Waals surface area contributed by atoms with E-state index in [9.17, 15) is 4.39 Å². The topological polar surface area (TPSA) is 70.9 Å². The number of nitrogens with one attached hydrogen (secondary N) is 1. The summed E-state index contributed by atoms with van der Waals surface area (Å²) in [5.74, 6) is 0.298. The first kappa shape index (κ1) is 13.1. The number of amidine groups is 1. The number of rotatable bonds is 3. The van der Waals surface area contributed by atoms with Crippen LogP contribution in [0.4, 0.5) is 15.9 Å². The molecule has 0 unspecified atom stereocenters. The largest absolute Gasteiger partial charge is 0.384 e. The standard InChI is InChI=1S/C13H16FN5/c1-8-11(12(15)16)13(19(3)17-8)18(2)10-6-4-5-9(14)7-10/h4-7H,1-3H3,(H3,15,16). The highest BCUT2D eigenvalue weighted by Crippen LogP contribution is 2.28. The Labute approximate surface area is 111 Å². The van der Waals surface area contributed by atoms with Gasteiger partial charge >= 0.3 is 0 Å². The molecule has 6 heteroatoms. The van der Waals surface area contributed by atoms with Crippen LogP contribution < -0.4 is 10.6 Å². The van der Waals surface area contributed by atoms with E-state index in [4.69, 9.17) is 11.1 Å². The van der Waals surface area contributed by atoms with Crippen molar-refractivity contribution in [3.05, 3.63) is 41.3 Å². The fraction of sp³-hybridized carbons (Fsp3) is 0.231. The maximum absolute atomic E-state index is 13.3. The molecule has 0 bridgehead atoms. The smallest absolute Gasteiger partial charge is 0.142 e. The van der Waals surface area contributed by atoms with Crippen LogP contribution in [0.3, 0.4) is 0 Å². The molecule has 2 rings (SSSR count). The van der Waals surface area contributed by atoms with E-state index in [2.05, 4.69) is 5.10 Å². The van der Waals surface area contributed by atoms with Gasteiger partial charge in [0.25, 0.3) is 0 Å². The summed E-state index contributed by atoms with van der Waals surface area (Å²) in [6.45, 7) is 1.79. The van der Waals surface area contributed by atoms with Crippen molar-refractivity contribution < 1.29 is 4.39 Å². The minimum Gasteiger partial charge on any atom is -0.384 e. The number of hydrogen-bond acceptors (Lipinski definition) is 3. The van der Waals surface area contributed by atoms with Crippen LogP contribution in [0.25, 0.3) is 0 Å². The Hall–Kier alpha value is -2.37. The van der Waals surface area contributed by atoms with Crippen LogP contribution in [0.15, 0.2) is 24.3 Å². The zero-order valence-corrected chi connectivity index (χ0v) is 11.1. The molecule has 0 fully saturated rings. The second-order valence-electron chi connectivity index (χ2n) is 4.36. The summed E-state index contributed by atoms with van der Waals surface area (Å²) in [7, 11) is 3.56. The van der Waals surface area contributed by atoms with Crippen molar-refractivity contribution in [3.8, 4) is 0 Å². The third kappa shape index (κ3) is 2.29. The SMILES string of the molecule is Cc1nn(C)c(N(C)c2cccc(F)c2)c1C(=N)N. The fourth-order valence-corrected chi connectivity index (χ4v) is 2.15. The second-order valence-corrected chi connectivity index (χ2v) is 4.36. The first-order valence-corrected chi connectivity index (χ1v) is 5.79. The van der Waals surface area contributed by atoms with E-state index >= 15 is 0 Å². The lowest BCUT2D eigenvalue weighted by molar-refractivity contribution is 0.627. The molecule has 100 valence electrons. The lowest BCUT2D eigenvalue weighted by atomic mass is 10.2. The minimum atomic E-state index is -0.312. The van der Waals surface area contributed by atoms with Crippen molar-refractivity contribution in [1.82, 2.24) is 9.78 Å². The van der Waals surface area contributed by atoms with Crippen LogP contribution in [0.2, 0.25) is 0 Å². The lowest BCUT2D eigenvalue weighted by Gasteiger charge is -2.21. The molecule has 0 saturated heterocycles. The average Bonchev–Trinajstić information content (AvgIpc) is 2.63. The maximum Gasteiger partial charge on any atom is 0.142 e. The zero-order chi connectivity index (χ0) is 14.2. The number of nitrogen functional groups attached to an aromatic ring is 1. The number of nitrogens with zero attached hydrogens (tertiary/aromatic N) is 3. The van der Waals surface area contributed by atoms with E-state index in [1.54, 1.807) is 42.7 Å². The predicted molar refractivity (Wildman–Crippen MR) is 73.4 cm³/mol. The van der Waals surface area contributed by atoms with Gasteiger partial charge in [0.05, 0.1) is 11.3 Å². The van der Waals surface area contributed by atoms with E-state index in [0.29, 0.717) is 22.8 Å². The van der Waals surface area contributed by atoms with Crippen molar-refractivity contribution in [2.24, 2.45) is 12.8 Å². The van der Waals surface area contributed by atoms with Gasteiger partial charge in [-0.25, -0.2) is 4.39 Å². The lowest BCUT2D eigenvalue weighted by Crippen LogP contribution is -2.20. The monoisotopic (exact) mass is 261 g/mol. The van der Waals surface area contributed by atoms with E-state index in [1.165, 1.54) is 12.1 Å². The molecule has 0 spiro atoms. The quantitative estimate of drug-likeness (QED) is 0.655. The Morgan fingerprint density at radius 3 is 2.74 bits per heavy atom. The van der Waals surface area contributed by atoms with E-state index < -0.39 is 0 Å². The minimum absolute atomic E-state index is 0.0520. The Balaban J connectivity index is 2.55. The molecule has 19 heavy (non-hydrogen) atoms. The number of anilines is 2. The van der Waals surface area contributed by atoms with Crippen LogP contribution in [-0.2, 0) is 7.05 Å². The van der Waals surface area contributed by atoms with Crippen LogP contribution >= 0.6 is 0 Å². The molecule has 0 aliphatic rings. The highest BCUT2D eigenvalue weighted by atomic mass is 19.1. The van der Waals surface area contributed by atoms with Gasteiger partial charge in [-0.2, -0.15) is 5.10 Å². The predicted octanol–water partition coefficient (Wildman–Crippen LogP) is 1.92. The molecule has 1 heterocycles. The highest BCUT2D eigenvalue weighted by Gasteiger charge is 2.20. The molecule has 0 amide bonds. The molecule has 0 radical (unpaired) electrons. The van der Waals surface area contributed by atoms with Gasteiger partial charge in [0.2, 0.25) is 0 Å². The number of aryl methyl sites for hydroxylation is 2. The molecule has 0 atom stereocenters. The van der Waals surface area contributed by atoms with Gasteiger partial charge < -0.3 is 10.6 Å². The summed E-state index contributed by atoms with van der Waals surface area (Å²) in [5, 5.41) is 11.9. The molecule has 0 aliphatic carbocycles. The van der Waals surface area contributed by atoms with E-state index in [-0.39, 0.29) is 11.7 Å². The molecule has 1 aromatic heterocycles. The van der Waals surface area contributed by atoms with Crippen molar-refractivity contribution >= 4 is 17.3 Å². The van der Waals surface area contributed by atoms with Gasteiger partial charge in [0.15, 0.2) is 0 Å². The number of aromatic nitrogens is 2. The zero-order valence-electron chi connectivity index (χ0n) is 11.1. The Morgan fingerprint density at radius 2 is 2.16 bits per heavy atom. The molecular weight excluding hydrogens is 245 g/mol. The number of hydrogen-bond donors (Lipinski definition) is 2. The van der Waals surface area contributed by atoms with Gasteiger partial charge in [0.1, 0.15) is 17.5 Å². The number of halogens is 1. The summed E-state index contributed by atoms with van der Waals surface area (Å²) in [4.78, 5) is 1.76. The maximum atomic E-state index is 13.3. The second kappa shape index (κ2) is 4.72. The van der Waals surface area contributed by atoms with Crippen LogP contribution in [0.1, 0.15) is 11.3 Å². The third-order valence-corrected chi connectivity index (χ3v) is 2.97. The van der Waals surface area contributed by atoms with Gasteiger partial charge in [-0.05, 0) is 25.1 Å². The molecule has 3 N–H and O–H groups in total. The Kier molecular flexibility index (Phi) is 3.25. The van der Waals surface area contributed by atoms with Crippen molar-refractivity contribution in [2.45, 2.75) is 6.92 Å². The molecule has 5 nitrogen and oxygen atoms in total. The molecule has 0 saturated carbocycles. The third-order valence-electron chi connectivity index (χ3n) is 2.97. The van der Waals surface area contributed by atoms with E-state index in [0.717, 1.165) is 0 Å². The Morgan fingerprint density at radius 1 is 1.47 bits per heavy atom. The molecule has 2 aromatic rings. The van der Waals surface area contributed by atoms with Crippen molar-refractivity contribution in [1.29, 1.82) is 5.41 Å². The summed E-state index contributed by atoms with van der Waals surface area (Å²) in [6.07, 6.45) is 0. The highest BCUT2D eigenvalue weighted by molar-refractivity contribution is 6.01.